The number of hydrogen-bond donors (Lipinski definition) is 1. The van der Waals surface area contributed by atoms with Crippen molar-refractivity contribution in [2.75, 3.05) is 19.6 Å². The number of nitrogens with zero attached hydrogens (tertiary/aromatic N) is 1. The molecule has 3 aliphatic rings. The third-order valence-electron chi connectivity index (χ3n) is 5.74. The molecule has 19 heavy (non-hydrogen) atoms. The van der Waals surface area contributed by atoms with Crippen molar-refractivity contribution in [2.24, 2.45) is 29.4 Å². The lowest BCUT2D eigenvalue weighted by Crippen LogP contribution is -2.37. The number of rotatable bonds is 3. The van der Waals surface area contributed by atoms with Gasteiger partial charge in [-0.3, -0.25) is 4.79 Å². The summed E-state index contributed by atoms with van der Waals surface area (Å²) in [4.78, 5) is 14.9. The van der Waals surface area contributed by atoms with E-state index in [-0.39, 0.29) is 0 Å². The molecule has 2 saturated carbocycles. The van der Waals surface area contributed by atoms with Crippen LogP contribution in [0.1, 0.15) is 51.4 Å². The standard InChI is InChI=1S/C16H28N2O/c17-8-7-12-3-1-4-13(9-12)16(19)18-10-14-5-2-6-15(14)11-18/h12-15H,1-11,17H2. The van der Waals surface area contributed by atoms with Crippen LogP contribution in [0.3, 0.4) is 0 Å². The first-order chi connectivity index (χ1) is 9.28. The van der Waals surface area contributed by atoms with Gasteiger partial charge in [0.05, 0.1) is 0 Å². The van der Waals surface area contributed by atoms with Crippen LogP contribution < -0.4 is 5.73 Å². The monoisotopic (exact) mass is 264 g/mol. The molecule has 3 heteroatoms. The van der Waals surface area contributed by atoms with Gasteiger partial charge in [-0.15, -0.1) is 0 Å². The van der Waals surface area contributed by atoms with Crippen LogP contribution >= 0.6 is 0 Å². The molecule has 4 unspecified atom stereocenters. The van der Waals surface area contributed by atoms with Gasteiger partial charge in [0.2, 0.25) is 5.91 Å². The molecule has 108 valence electrons. The number of carbonyl (C=O) groups excluding carboxylic acids is 1. The summed E-state index contributed by atoms with van der Waals surface area (Å²) in [6.07, 6.45) is 9.93. The smallest absolute Gasteiger partial charge is 0.225 e. The maximum absolute atomic E-state index is 12.7. The van der Waals surface area contributed by atoms with Gasteiger partial charge in [0.15, 0.2) is 0 Å². The summed E-state index contributed by atoms with van der Waals surface area (Å²) in [5.41, 5.74) is 5.67. The minimum Gasteiger partial charge on any atom is -0.342 e. The third-order valence-corrected chi connectivity index (χ3v) is 5.74. The van der Waals surface area contributed by atoms with Gasteiger partial charge in [0.25, 0.3) is 0 Å². The fraction of sp³-hybridized carbons (Fsp3) is 0.938. The zero-order valence-corrected chi connectivity index (χ0v) is 12.0. The van der Waals surface area contributed by atoms with E-state index in [1.54, 1.807) is 0 Å². The second kappa shape index (κ2) is 5.82. The summed E-state index contributed by atoms with van der Waals surface area (Å²) in [5, 5.41) is 0. The van der Waals surface area contributed by atoms with E-state index in [4.69, 9.17) is 5.73 Å². The quantitative estimate of drug-likeness (QED) is 0.851. The van der Waals surface area contributed by atoms with E-state index >= 15 is 0 Å². The van der Waals surface area contributed by atoms with Gasteiger partial charge in [-0.05, 0) is 56.4 Å². The van der Waals surface area contributed by atoms with Crippen molar-refractivity contribution >= 4 is 5.91 Å². The maximum atomic E-state index is 12.7. The van der Waals surface area contributed by atoms with Crippen molar-refractivity contribution < 1.29 is 4.79 Å². The highest BCUT2D eigenvalue weighted by molar-refractivity contribution is 5.79. The summed E-state index contributed by atoms with van der Waals surface area (Å²) in [6, 6.07) is 0. The molecule has 3 rings (SSSR count). The SMILES string of the molecule is NCCC1CCCC(C(=O)N2CC3CCCC3C2)C1. The second-order valence-corrected chi connectivity index (χ2v) is 7.00. The molecular formula is C16H28N2O. The Kier molecular flexibility index (Phi) is 4.11. The first-order valence-corrected chi connectivity index (χ1v) is 8.26. The second-order valence-electron chi connectivity index (χ2n) is 7.00. The molecule has 3 nitrogen and oxygen atoms in total. The molecule has 3 fully saturated rings. The van der Waals surface area contributed by atoms with E-state index in [1.165, 1.54) is 32.1 Å². The van der Waals surface area contributed by atoms with Crippen LogP contribution in [0.2, 0.25) is 0 Å². The predicted molar refractivity (Wildman–Crippen MR) is 76.5 cm³/mol. The molecule has 0 aromatic carbocycles. The Morgan fingerprint density at radius 3 is 2.42 bits per heavy atom. The van der Waals surface area contributed by atoms with Gasteiger partial charge in [0.1, 0.15) is 0 Å². The maximum Gasteiger partial charge on any atom is 0.225 e. The van der Waals surface area contributed by atoms with Gasteiger partial charge in [-0.2, -0.15) is 0 Å². The Hall–Kier alpha value is -0.570. The Labute approximate surface area is 116 Å². The Bertz CT molecular complexity index is 317. The largest absolute Gasteiger partial charge is 0.342 e. The summed E-state index contributed by atoms with van der Waals surface area (Å²) < 4.78 is 0. The number of carbonyl (C=O) groups is 1. The number of nitrogens with two attached hydrogens (primary N) is 1. The van der Waals surface area contributed by atoms with Crippen molar-refractivity contribution in [3.05, 3.63) is 0 Å². The van der Waals surface area contributed by atoms with Crippen molar-refractivity contribution in [3.63, 3.8) is 0 Å². The summed E-state index contributed by atoms with van der Waals surface area (Å²) >= 11 is 0. The highest BCUT2D eigenvalue weighted by atomic mass is 16.2. The van der Waals surface area contributed by atoms with Crippen LogP contribution in [0, 0.1) is 23.7 Å². The molecule has 2 aliphatic carbocycles. The zero-order chi connectivity index (χ0) is 13.2. The molecule has 4 atom stereocenters. The molecule has 1 aliphatic heterocycles. The Morgan fingerprint density at radius 1 is 1.05 bits per heavy atom. The average molecular weight is 264 g/mol. The van der Waals surface area contributed by atoms with Gasteiger partial charge in [-0.1, -0.05) is 19.3 Å². The number of amides is 1. The minimum atomic E-state index is 0.309. The first-order valence-electron chi connectivity index (χ1n) is 8.26. The Balaban J connectivity index is 1.55. The van der Waals surface area contributed by atoms with Gasteiger partial charge in [-0.25, -0.2) is 0 Å². The van der Waals surface area contributed by atoms with Crippen molar-refractivity contribution in [1.29, 1.82) is 0 Å². The molecule has 2 N–H and O–H groups in total. The molecule has 0 spiro atoms. The topological polar surface area (TPSA) is 46.3 Å². The number of likely N-dealkylation sites (tertiary alicyclic amines) is 1. The van der Waals surface area contributed by atoms with Crippen LogP contribution in [0.5, 0.6) is 0 Å². The highest BCUT2D eigenvalue weighted by Gasteiger charge is 2.40. The van der Waals surface area contributed by atoms with Crippen LogP contribution in [0.4, 0.5) is 0 Å². The summed E-state index contributed by atoms with van der Waals surface area (Å²) in [7, 11) is 0. The fourth-order valence-corrected chi connectivity index (χ4v) is 4.69. The molecule has 1 saturated heterocycles. The Morgan fingerprint density at radius 2 is 1.74 bits per heavy atom. The lowest BCUT2D eigenvalue weighted by atomic mass is 9.79. The van der Waals surface area contributed by atoms with Crippen LogP contribution in [-0.4, -0.2) is 30.4 Å². The van der Waals surface area contributed by atoms with E-state index in [0.717, 1.165) is 50.7 Å². The highest BCUT2D eigenvalue weighted by Crippen LogP contribution is 2.39. The van der Waals surface area contributed by atoms with Crippen molar-refractivity contribution in [2.45, 2.75) is 51.4 Å². The fourth-order valence-electron chi connectivity index (χ4n) is 4.69. The van der Waals surface area contributed by atoms with E-state index in [2.05, 4.69) is 4.90 Å². The van der Waals surface area contributed by atoms with E-state index in [0.29, 0.717) is 17.7 Å². The van der Waals surface area contributed by atoms with E-state index in [1.807, 2.05) is 0 Å². The molecule has 0 aromatic heterocycles. The predicted octanol–water partition coefficient (Wildman–Crippen LogP) is 2.40. The van der Waals surface area contributed by atoms with E-state index < -0.39 is 0 Å². The first kappa shape index (κ1) is 13.4. The number of hydrogen-bond acceptors (Lipinski definition) is 2. The van der Waals surface area contributed by atoms with Gasteiger partial charge in [0, 0.05) is 19.0 Å². The molecule has 1 amide bonds. The van der Waals surface area contributed by atoms with Gasteiger partial charge < -0.3 is 10.6 Å². The third kappa shape index (κ3) is 2.81. The van der Waals surface area contributed by atoms with Gasteiger partial charge >= 0.3 is 0 Å². The molecular weight excluding hydrogens is 236 g/mol. The molecule has 0 bridgehead atoms. The van der Waals surface area contributed by atoms with Crippen LogP contribution in [0.25, 0.3) is 0 Å². The minimum absolute atomic E-state index is 0.309. The van der Waals surface area contributed by atoms with Crippen molar-refractivity contribution in [3.8, 4) is 0 Å². The van der Waals surface area contributed by atoms with Crippen LogP contribution in [-0.2, 0) is 4.79 Å². The number of fused-ring (bicyclic) bond motifs is 1. The summed E-state index contributed by atoms with van der Waals surface area (Å²) in [6.45, 7) is 2.89. The summed E-state index contributed by atoms with van der Waals surface area (Å²) in [5.74, 6) is 3.13. The zero-order valence-electron chi connectivity index (χ0n) is 12.0. The average Bonchev–Trinajstić information content (AvgIpc) is 2.99. The van der Waals surface area contributed by atoms with E-state index in [9.17, 15) is 4.79 Å². The van der Waals surface area contributed by atoms with Crippen molar-refractivity contribution in [1.82, 2.24) is 4.90 Å². The normalized spacial score (nSPS) is 38.5. The lowest BCUT2D eigenvalue weighted by molar-refractivity contribution is -0.136. The lowest BCUT2D eigenvalue weighted by Gasteiger charge is -2.31. The molecule has 1 heterocycles. The molecule has 0 radical (unpaired) electrons. The van der Waals surface area contributed by atoms with Crippen LogP contribution in [0.15, 0.2) is 0 Å². The molecule has 0 aromatic rings.